The number of ketones is 1. The van der Waals surface area contributed by atoms with E-state index >= 15 is 0 Å². The average Bonchev–Trinajstić information content (AvgIpc) is 3.37. The highest BCUT2D eigenvalue weighted by atomic mass is 16.6. The number of hydrogen-bond acceptors (Lipinski definition) is 6. The number of rotatable bonds is 4. The van der Waals surface area contributed by atoms with Crippen LogP contribution in [0, 0.1) is 28.9 Å². The van der Waals surface area contributed by atoms with Crippen LogP contribution in [0.4, 0.5) is 17.1 Å². The molecule has 8 nitrogen and oxygen atoms in total. The Morgan fingerprint density at radius 3 is 2.33 bits per heavy atom. The van der Waals surface area contributed by atoms with E-state index < -0.39 is 40.7 Å². The summed E-state index contributed by atoms with van der Waals surface area (Å²) in [5.74, 6) is -2.92. The van der Waals surface area contributed by atoms with Gasteiger partial charge >= 0.3 is 0 Å². The summed E-state index contributed by atoms with van der Waals surface area (Å²) in [6.45, 7) is 1.70. The zero-order valence-corrected chi connectivity index (χ0v) is 19.3. The maximum Gasteiger partial charge on any atom is 0.271 e. The van der Waals surface area contributed by atoms with E-state index in [4.69, 9.17) is 0 Å². The van der Waals surface area contributed by atoms with Crippen LogP contribution in [-0.2, 0) is 9.59 Å². The second kappa shape index (κ2) is 7.98. The van der Waals surface area contributed by atoms with Crippen molar-refractivity contribution in [1.82, 2.24) is 0 Å². The Morgan fingerprint density at radius 2 is 1.58 bits per heavy atom. The van der Waals surface area contributed by atoms with E-state index in [2.05, 4.69) is 0 Å². The molecule has 2 fully saturated rings. The molecule has 3 aromatic carbocycles. The van der Waals surface area contributed by atoms with Gasteiger partial charge in [0.1, 0.15) is 6.04 Å². The van der Waals surface area contributed by atoms with Crippen molar-refractivity contribution in [1.29, 1.82) is 0 Å². The standard InChI is InChI=1S/C28H21N3O5/c1-16-11-13-19(31(35)36)15-22(16)30-27(33)23-21-14-12-17-7-5-6-10-20(17)29(21)25(24(23)28(30)34)26(32)18-8-3-2-4-9-18/h2-15,21,23-25H,1H3/t21-,23+,24+,25-/m0/s1. The van der Waals surface area contributed by atoms with E-state index in [1.54, 1.807) is 31.2 Å². The van der Waals surface area contributed by atoms with Gasteiger partial charge in [0.2, 0.25) is 11.8 Å². The molecule has 0 spiro atoms. The Morgan fingerprint density at radius 1 is 0.889 bits per heavy atom. The molecular weight excluding hydrogens is 458 g/mol. The van der Waals surface area contributed by atoms with Gasteiger partial charge in [0.25, 0.3) is 5.69 Å². The fourth-order valence-electron chi connectivity index (χ4n) is 5.78. The molecule has 8 heteroatoms. The van der Waals surface area contributed by atoms with E-state index in [1.807, 2.05) is 47.4 Å². The lowest BCUT2D eigenvalue weighted by Gasteiger charge is -2.36. The van der Waals surface area contributed by atoms with Gasteiger partial charge in [0, 0.05) is 23.4 Å². The van der Waals surface area contributed by atoms with Crippen LogP contribution >= 0.6 is 0 Å². The summed E-state index contributed by atoms with van der Waals surface area (Å²) in [5.41, 5.74) is 2.71. The maximum absolute atomic E-state index is 14.0. The fourth-order valence-corrected chi connectivity index (χ4v) is 5.78. The summed E-state index contributed by atoms with van der Waals surface area (Å²) in [7, 11) is 0. The van der Waals surface area contributed by atoms with Crippen molar-refractivity contribution in [3.63, 3.8) is 0 Å². The highest BCUT2D eigenvalue weighted by Crippen LogP contribution is 2.50. The van der Waals surface area contributed by atoms with Crippen molar-refractivity contribution >= 4 is 40.7 Å². The molecule has 6 rings (SSSR count). The SMILES string of the molecule is Cc1ccc([N+](=O)[O-])cc1N1C(=O)[C@@H]2[C@H](C1=O)[C@@H]1C=Cc3ccccc3N1[C@@H]2C(=O)c1ccccc1. The molecule has 3 aliphatic heterocycles. The van der Waals surface area contributed by atoms with Gasteiger partial charge in [-0.2, -0.15) is 0 Å². The first-order valence-corrected chi connectivity index (χ1v) is 11.7. The smallest absolute Gasteiger partial charge is 0.271 e. The minimum absolute atomic E-state index is 0.186. The molecule has 0 bridgehead atoms. The average molecular weight is 479 g/mol. The van der Waals surface area contributed by atoms with Crippen LogP contribution in [-0.4, -0.2) is 34.6 Å². The van der Waals surface area contributed by atoms with E-state index in [0.29, 0.717) is 11.1 Å². The van der Waals surface area contributed by atoms with Crippen LogP contribution in [0.3, 0.4) is 0 Å². The number of nitro groups is 1. The van der Waals surface area contributed by atoms with Gasteiger partial charge in [-0.25, -0.2) is 4.90 Å². The largest absolute Gasteiger partial charge is 0.352 e. The third-order valence-corrected chi connectivity index (χ3v) is 7.39. The lowest BCUT2D eigenvalue weighted by atomic mass is 9.86. The summed E-state index contributed by atoms with van der Waals surface area (Å²) >= 11 is 0. The summed E-state index contributed by atoms with van der Waals surface area (Å²) in [5, 5.41) is 11.4. The number of fused-ring (bicyclic) bond motifs is 5. The topological polar surface area (TPSA) is 101 Å². The number of carbonyl (C=O) groups is 3. The molecule has 0 aliphatic carbocycles. The van der Waals surface area contributed by atoms with Crippen molar-refractivity contribution in [3.05, 3.63) is 106 Å². The molecule has 3 heterocycles. The van der Waals surface area contributed by atoms with Crippen LogP contribution in [0.2, 0.25) is 0 Å². The van der Waals surface area contributed by atoms with Gasteiger partial charge in [0.15, 0.2) is 5.78 Å². The van der Waals surface area contributed by atoms with Crippen molar-refractivity contribution in [2.45, 2.75) is 19.0 Å². The first kappa shape index (κ1) is 21.9. The second-order valence-corrected chi connectivity index (χ2v) is 9.28. The van der Waals surface area contributed by atoms with Crippen molar-refractivity contribution in [2.75, 3.05) is 9.80 Å². The number of imide groups is 1. The minimum Gasteiger partial charge on any atom is -0.352 e. The van der Waals surface area contributed by atoms with E-state index in [-0.39, 0.29) is 17.2 Å². The molecule has 0 unspecified atom stereocenters. The first-order valence-electron chi connectivity index (χ1n) is 11.7. The Labute approximate surface area is 206 Å². The number of anilines is 2. The minimum atomic E-state index is -0.926. The Balaban J connectivity index is 1.50. The second-order valence-electron chi connectivity index (χ2n) is 9.28. The molecule has 3 aromatic rings. The summed E-state index contributed by atoms with van der Waals surface area (Å²) in [6.07, 6.45) is 3.80. The van der Waals surface area contributed by atoms with Crippen LogP contribution in [0.15, 0.2) is 78.9 Å². The van der Waals surface area contributed by atoms with Crippen LogP contribution in [0.25, 0.3) is 6.08 Å². The molecule has 36 heavy (non-hydrogen) atoms. The van der Waals surface area contributed by atoms with Gasteiger partial charge in [-0.1, -0.05) is 66.7 Å². The van der Waals surface area contributed by atoms with Gasteiger partial charge in [0.05, 0.1) is 28.5 Å². The van der Waals surface area contributed by atoms with Gasteiger partial charge < -0.3 is 4.90 Å². The first-order chi connectivity index (χ1) is 17.4. The van der Waals surface area contributed by atoms with Crippen molar-refractivity contribution < 1.29 is 19.3 Å². The van der Waals surface area contributed by atoms with Crippen LogP contribution < -0.4 is 9.80 Å². The summed E-state index contributed by atoms with van der Waals surface area (Å²) in [4.78, 5) is 55.6. The fraction of sp³-hybridized carbons (Fsp3) is 0.179. The Bertz CT molecular complexity index is 1480. The highest BCUT2D eigenvalue weighted by Gasteiger charge is 2.64. The van der Waals surface area contributed by atoms with Crippen molar-refractivity contribution in [2.24, 2.45) is 11.8 Å². The number of aryl methyl sites for hydroxylation is 1. The predicted octanol–water partition coefficient (Wildman–Crippen LogP) is 4.18. The number of amides is 2. The predicted molar refractivity (Wildman–Crippen MR) is 134 cm³/mol. The number of Topliss-reactive ketones (excluding diaryl/α,β-unsaturated/α-hetero) is 1. The van der Waals surface area contributed by atoms with Crippen molar-refractivity contribution in [3.8, 4) is 0 Å². The molecule has 0 saturated carbocycles. The zero-order valence-electron chi connectivity index (χ0n) is 19.3. The van der Waals surface area contributed by atoms with E-state index in [1.165, 1.54) is 18.2 Å². The molecule has 2 amide bonds. The molecule has 0 radical (unpaired) electrons. The summed E-state index contributed by atoms with van der Waals surface area (Å²) in [6, 6.07) is 19.1. The monoisotopic (exact) mass is 479 g/mol. The highest BCUT2D eigenvalue weighted by molar-refractivity contribution is 6.26. The normalized spacial score (nSPS) is 23.9. The number of nitrogens with zero attached hydrogens (tertiary/aromatic N) is 3. The number of nitro benzene ring substituents is 1. The van der Waals surface area contributed by atoms with Gasteiger partial charge in [-0.05, 0) is 24.1 Å². The zero-order chi connectivity index (χ0) is 25.1. The lowest BCUT2D eigenvalue weighted by molar-refractivity contribution is -0.384. The lowest BCUT2D eigenvalue weighted by Crippen LogP contribution is -2.49. The third-order valence-electron chi connectivity index (χ3n) is 7.39. The Hall–Kier alpha value is -4.59. The number of carbonyl (C=O) groups excluding carboxylic acids is 3. The molecule has 178 valence electrons. The van der Waals surface area contributed by atoms with Gasteiger partial charge in [-0.15, -0.1) is 0 Å². The molecule has 3 aliphatic rings. The van der Waals surface area contributed by atoms with Gasteiger partial charge in [-0.3, -0.25) is 24.5 Å². The van der Waals surface area contributed by atoms with Crippen LogP contribution in [0.5, 0.6) is 0 Å². The molecule has 2 saturated heterocycles. The van der Waals surface area contributed by atoms with E-state index in [0.717, 1.165) is 16.2 Å². The number of hydrogen-bond donors (Lipinski definition) is 0. The summed E-state index contributed by atoms with van der Waals surface area (Å²) < 4.78 is 0. The molecule has 0 aromatic heterocycles. The number of benzene rings is 3. The molecular formula is C28H21N3O5. The quantitative estimate of drug-likeness (QED) is 0.241. The third kappa shape index (κ3) is 3.04. The Kier molecular flexibility index (Phi) is 4.86. The molecule has 0 N–H and O–H groups in total. The van der Waals surface area contributed by atoms with E-state index in [9.17, 15) is 24.5 Å². The number of para-hydroxylation sites is 1. The molecule has 4 atom stereocenters. The number of non-ortho nitro benzene ring substituents is 1. The van der Waals surface area contributed by atoms with Crippen LogP contribution in [0.1, 0.15) is 21.5 Å². The maximum atomic E-state index is 14.0.